The average molecular weight is 590 g/mol. The summed E-state index contributed by atoms with van der Waals surface area (Å²) in [6.45, 7) is 3.37. The number of fused-ring (bicyclic) bond motifs is 1. The van der Waals surface area contributed by atoms with Gasteiger partial charge in [0, 0.05) is 36.0 Å². The summed E-state index contributed by atoms with van der Waals surface area (Å²) in [7, 11) is 2.95. The van der Waals surface area contributed by atoms with Crippen molar-refractivity contribution in [3.63, 3.8) is 0 Å². The molecule has 3 N–H and O–H groups in total. The van der Waals surface area contributed by atoms with Crippen molar-refractivity contribution in [3.05, 3.63) is 71.7 Å². The van der Waals surface area contributed by atoms with E-state index in [0.717, 1.165) is 0 Å². The number of rotatable bonds is 10. The number of benzene rings is 1. The number of nitrogens with zero attached hydrogens (tertiary/aromatic N) is 7. The van der Waals surface area contributed by atoms with Crippen LogP contribution in [0.25, 0.3) is 28.0 Å². The molecule has 12 nitrogen and oxygen atoms in total. The second-order valence-electron chi connectivity index (χ2n) is 9.89. The molecule has 0 radical (unpaired) electrons. The first kappa shape index (κ1) is 29.2. The lowest BCUT2D eigenvalue weighted by Crippen LogP contribution is -2.37. The SMILES string of the molecule is CC[C@H](CCc1nc2c(-c3ccc(-c4ccc(OC)c(F)c4F)nc3)cnn2c(N)c1C(C)=O)N(C)C(=O)c1ncn[nH]1. The monoisotopic (exact) mass is 589 g/mol. The topological polar surface area (TPSA) is 157 Å². The molecule has 0 aliphatic heterocycles. The number of hydrogen-bond donors (Lipinski definition) is 2. The maximum atomic E-state index is 14.6. The number of halogens is 2. The average Bonchev–Trinajstić information content (AvgIpc) is 3.69. The third-order valence-electron chi connectivity index (χ3n) is 7.40. The Morgan fingerprint density at radius 2 is 1.91 bits per heavy atom. The summed E-state index contributed by atoms with van der Waals surface area (Å²) in [6, 6.07) is 5.80. The number of carbonyl (C=O) groups is 2. The van der Waals surface area contributed by atoms with E-state index in [2.05, 4.69) is 25.3 Å². The highest BCUT2D eigenvalue weighted by Crippen LogP contribution is 2.32. The fourth-order valence-corrected chi connectivity index (χ4v) is 5.05. The minimum absolute atomic E-state index is 0.0160. The van der Waals surface area contributed by atoms with E-state index in [4.69, 9.17) is 15.5 Å². The number of hydrogen-bond acceptors (Lipinski definition) is 9. The fraction of sp³-hybridized carbons (Fsp3) is 0.276. The van der Waals surface area contributed by atoms with Crippen LogP contribution in [0, 0.1) is 11.6 Å². The predicted octanol–water partition coefficient (Wildman–Crippen LogP) is 4.13. The van der Waals surface area contributed by atoms with Crippen LogP contribution in [0.1, 0.15) is 53.4 Å². The van der Waals surface area contributed by atoms with Gasteiger partial charge in [-0.1, -0.05) is 13.0 Å². The molecule has 0 fully saturated rings. The van der Waals surface area contributed by atoms with Crippen molar-refractivity contribution in [2.75, 3.05) is 19.9 Å². The number of amides is 1. The Morgan fingerprint density at radius 1 is 1.12 bits per heavy atom. The van der Waals surface area contributed by atoms with E-state index < -0.39 is 11.6 Å². The Labute approximate surface area is 244 Å². The van der Waals surface area contributed by atoms with Gasteiger partial charge in [-0.3, -0.25) is 19.7 Å². The Bertz CT molecular complexity index is 1800. The van der Waals surface area contributed by atoms with E-state index in [1.807, 2.05) is 6.92 Å². The fourth-order valence-electron chi connectivity index (χ4n) is 5.05. The Kier molecular flexibility index (Phi) is 8.10. The maximum absolute atomic E-state index is 14.6. The first-order valence-electron chi connectivity index (χ1n) is 13.4. The second kappa shape index (κ2) is 11.9. The van der Waals surface area contributed by atoms with E-state index in [-0.39, 0.29) is 51.9 Å². The molecule has 14 heteroatoms. The number of ether oxygens (including phenoxy) is 1. The number of aryl methyl sites for hydroxylation is 1. The van der Waals surface area contributed by atoms with Gasteiger partial charge in [-0.15, -0.1) is 0 Å². The molecular formula is C29H29F2N9O3. The minimum atomic E-state index is -1.10. The maximum Gasteiger partial charge on any atom is 0.291 e. The van der Waals surface area contributed by atoms with Gasteiger partial charge in [0.2, 0.25) is 11.6 Å². The molecule has 0 bridgehead atoms. The quantitative estimate of drug-likeness (QED) is 0.229. The molecule has 0 saturated carbocycles. The number of H-pyrrole nitrogens is 1. The standard InChI is InChI=1S/C29H29F2N9O3/c1-5-17(39(3)29(42)27-34-14-35-38-27)7-10-21-23(15(2)41)26(32)40-28(37-21)19(13-36-40)16-6-9-20(33-12-16)18-8-11-22(43-4)25(31)24(18)30/h6,8-9,11-14,17H,5,7,10,32H2,1-4H3,(H,34,35,38)/t17-/m1/s1. The molecule has 5 aromatic rings. The summed E-state index contributed by atoms with van der Waals surface area (Å²) >= 11 is 0. The molecule has 5 rings (SSSR count). The number of methoxy groups -OCH3 is 1. The number of aromatic nitrogens is 7. The molecule has 1 amide bonds. The van der Waals surface area contributed by atoms with E-state index in [9.17, 15) is 18.4 Å². The molecule has 0 spiro atoms. The van der Waals surface area contributed by atoms with Crippen LogP contribution in [0.4, 0.5) is 14.6 Å². The molecule has 0 aliphatic carbocycles. The van der Waals surface area contributed by atoms with Crippen molar-refractivity contribution in [2.45, 2.75) is 39.2 Å². The first-order valence-corrected chi connectivity index (χ1v) is 13.4. The molecule has 4 aromatic heterocycles. The molecule has 1 aromatic carbocycles. The van der Waals surface area contributed by atoms with Crippen LogP contribution in [-0.4, -0.2) is 71.6 Å². The molecule has 0 saturated heterocycles. The van der Waals surface area contributed by atoms with E-state index >= 15 is 0 Å². The zero-order chi connectivity index (χ0) is 30.8. The molecule has 4 heterocycles. The van der Waals surface area contributed by atoms with Crippen LogP contribution < -0.4 is 10.5 Å². The molecule has 0 aliphatic rings. The minimum Gasteiger partial charge on any atom is -0.494 e. The lowest BCUT2D eigenvalue weighted by Gasteiger charge is -2.26. The van der Waals surface area contributed by atoms with Crippen LogP contribution in [0.5, 0.6) is 5.75 Å². The van der Waals surface area contributed by atoms with Gasteiger partial charge in [0.15, 0.2) is 23.0 Å². The largest absolute Gasteiger partial charge is 0.494 e. The van der Waals surface area contributed by atoms with Crippen molar-refractivity contribution in [3.8, 4) is 28.1 Å². The zero-order valence-corrected chi connectivity index (χ0v) is 23.9. The summed E-state index contributed by atoms with van der Waals surface area (Å²) < 4.78 is 35.1. The van der Waals surface area contributed by atoms with Crippen molar-refractivity contribution in [1.29, 1.82) is 0 Å². The molecule has 43 heavy (non-hydrogen) atoms. The van der Waals surface area contributed by atoms with Crippen molar-refractivity contribution >= 4 is 23.2 Å². The van der Waals surface area contributed by atoms with Gasteiger partial charge in [0.25, 0.3) is 5.91 Å². The second-order valence-corrected chi connectivity index (χ2v) is 9.89. The van der Waals surface area contributed by atoms with E-state index in [1.165, 1.54) is 43.2 Å². The zero-order valence-electron chi connectivity index (χ0n) is 23.9. The number of nitrogens with one attached hydrogen (secondary N) is 1. The molecule has 222 valence electrons. The summed E-state index contributed by atoms with van der Waals surface area (Å²) in [5.74, 6) is -2.66. The number of nitrogens with two attached hydrogens (primary N) is 1. The highest BCUT2D eigenvalue weighted by molar-refractivity contribution is 6.00. The number of nitrogen functional groups attached to an aromatic ring is 1. The van der Waals surface area contributed by atoms with E-state index in [0.29, 0.717) is 41.7 Å². The van der Waals surface area contributed by atoms with Gasteiger partial charge in [0.1, 0.15) is 12.1 Å². The van der Waals surface area contributed by atoms with Crippen LogP contribution in [0.15, 0.2) is 43.0 Å². The van der Waals surface area contributed by atoms with Crippen molar-refractivity contribution in [1.82, 2.24) is 39.7 Å². The summed E-state index contributed by atoms with van der Waals surface area (Å²) in [6.07, 6.45) is 5.83. The van der Waals surface area contributed by atoms with Gasteiger partial charge >= 0.3 is 0 Å². The van der Waals surface area contributed by atoms with Gasteiger partial charge < -0.3 is 15.4 Å². The van der Waals surface area contributed by atoms with Crippen LogP contribution in [0.3, 0.4) is 0 Å². The summed E-state index contributed by atoms with van der Waals surface area (Å²) in [4.78, 5) is 40.1. The Hall–Kier alpha value is -5.27. The van der Waals surface area contributed by atoms with Gasteiger partial charge in [0.05, 0.1) is 30.3 Å². The van der Waals surface area contributed by atoms with E-state index in [1.54, 1.807) is 30.3 Å². The van der Waals surface area contributed by atoms with Crippen molar-refractivity contribution in [2.24, 2.45) is 0 Å². The molecule has 1 atom stereocenters. The number of Topliss-reactive ketones (excluding diaryl/α,β-unsaturated/α-hetero) is 1. The van der Waals surface area contributed by atoms with Crippen LogP contribution in [-0.2, 0) is 6.42 Å². The highest BCUT2D eigenvalue weighted by Gasteiger charge is 2.25. The first-order chi connectivity index (χ1) is 20.7. The third kappa shape index (κ3) is 5.38. The van der Waals surface area contributed by atoms with Gasteiger partial charge in [-0.05, 0) is 44.4 Å². The number of aromatic amines is 1. The summed E-state index contributed by atoms with van der Waals surface area (Å²) in [5, 5.41) is 10.7. The third-order valence-corrected chi connectivity index (χ3v) is 7.40. The Balaban J connectivity index is 1.47. The predicted molar refractivity (Wildman–Crippen MR) is 153 cm³/mol. The van der Waals surface area contributed by atoms with Gasteiger partial charge in [-0.2, -0.15) is 19.1 Å². The normalized spacial score (nSPS) is 12.0. The molecular weight excluding hydrogens is 560 g/mol. The van der Waals surface area contributed by atoms with Gasteiger partial charge in [-0.25, -0.2) is 14.4 Å². The Morgan fingerprint density at radius 3 is 2.53 bits per heavy atom. The van der Waals surface area contributed by atoms with Crippen LogP contribution >= 0.6 is 0 Å². The lowest BCUT2D eigenvalue weighted by atomic mass is 10.0. The number of pyridine rings is 1. The lowest BCUT2D eigenvalue weighted by molar-refractivity contribution is 0.0707. The number of ketones is 1. The van der Waals surface area contributed by atoms with Crippen LogP contribution in [0.2, 0.25) is 0 Å². The number of carbonyl (C=O) groups excluding carboxylic acids is 2. The highest BCUT2D eigenvalue weighted by atomic mass is 19.2. The van der Waals surface area contributed by atoms with Crippen molar-refractivity contribution < 1.29 is 23.1 Å². The molecule has 0 unspecified atom stereocenters. The smallest absolute Gasteiger partial charge is 0.291 e. The number of anilines is 1. The summed E-state index contributed by atoms with van der Waals surface area (Å²) in [5.41, 5.74) is 8.94.